The van der Waals surface area contributed by atoms with Crippen LogP contribution in [-0.4, -0.2) is 18.1 Å². The maximum absolute atomic E-state index is 4.64. The Balaban J connectivity index is 1.62. The molecular formula is C17H19N3. The highest BCUT2D eigenvalue weighted by molar-refractivity contribution is 5.65. The first-order chi connectivity index (χ1) is 9.90. The number of nitrogens with one attached hydrogen (secondary N) is 1. The maximum Gasteiger partial charge on any atom is 0.128 e. The van der Waals surface area contributed by atoms with Crippen LogP contribution in [0.3, 0.4) is 0 Å². The second kappa shape index (κ2) is 4.91. The van der Waals surface area contributed by atoms with E-state index in [1.807, 2.05) is 6.20 Å². The highest BCUT2D eigenvalue weighted by Gasteiger charge is 2.14. The Labute approximate surface area is 119 Å². The monoisotopic (exact) mass is 265 g/mol. The van der Waals surface area contributed by atoms with Crippen molar-refractivity contribution in [1.29, 1.82) is 0 Å². The molecule has 3 nitrogen and oxygen atoms in total. The van der Waals surface area contributed by atoms with Crippen LogP contribution in [0.15, 0.2) is 36.5 Å². The first-order valence-corrected chi connectivity index (χ1v) is 7.44. The Morgan fingerprint density at radius 2 is 1.70 bits per heavy atom. The molecule has 102 valence electrons. The van der Waals surface area contributed by atoms with Gasteiger partial charge >= 0.3 is 0 Å². The molecule has 3 heteroatoms. The number of benzene rings is 1. The van der Waals surface area contributed by atoms with E-state index in [1.165, 1.54) is 35.1 Å². The Hall–Kier alpha value is -1.87. The van der Waals surface area contributed by atoms with Crippen molar-refractivity contribution in [3.05, 3.63) is 47.7 Å². The number of hydrogen-bond donors (Lipinski definition) is 1. The fourth-order valence-electron chi connectivity index (χ4n) is 3.16. The van der Waals surface area contributed by atoms with Gasteiger partial charge in [-0.25, -0.2) is 4.98 Å². The minimum Gasteiger partial charge on any atom is -0.357 e. The molecule has 0 amide bonds. The predicted octanol–water partition coefficient (Wildman–Crippen LogP) is 2.95. The zero-order valence-electron chi connectivity index (χ0n) is 11.6. The summed E-state index contributed by atoms with van der Waals surface area (Å²) in [5.74, 6) is 1.12. The molecule has 0 unspecified atom stereocenters. The smallest absolute Gasteiger partial charge is 0.128 e. The molecule has 1 saturated heterocycles. The van der Waals surface area contributed by atoms with Gasteiger partial charge in [0.1, 0.15) is 5.82 Å². The average molecular weight is 265 g/mol. The van der Waals surface area contributed by atoms with Gasteiger partial charge in [-0.05, 0) is 47.7 Å². The van der Waals surface area contributed by atoms with Crippen LogP contribution in [0.1, 0.15) is 24.0 Å². The van der Waals surface area contributed by atoms with Crippen LogP contribution in [0, 0.1) is 0 Å². The standard InChI is InChI=1S/C17H19N3/c1-2-8-20(7-1)17-6-5-15(12-19-17)13-3-4-14-10-18-11-16(14)9-13/h3-6,9,12,18H,1-2,7-8,10-11H2. The van der Waals surface area contributed by atoms with E-state index >= 15 is 0 Å². The molecular weight excluding hydrogens is 246 g/mol. The van der Waals surface area contributed by atoms with Gasteiger partial charge in [0, 0.05) is 37.9 Å². The van der Waals surface area contributed by atoms with Crippen molar-refractivity contribution in [3.8, 4) is 11.1 Å². The minimum atomic E-state index is 0.989. The van der Waals surface area contributed by atoms with Gasteiger partial charge in [-0.1, -0.05) is 12.1 Å². The second-order valence-electron chi connectivity index (χ2n) is 5.69. The lowest BCUT2D eigenvalue weighted by molar-refractivity contribution is 0.765. The van der Waals surface area contributed by atoms with Crippen LogP contribution in [-0.2, 0) is 13.1 Å². The van der Waals surface area contributed by atoms with Crippen molar-refractivity contribution < 1.29 is 0 Å². The Morgan fingerprint density at radius 3 is 2.50 bits per heavy atom. The third-order valence-electron chi connectivity index (χ3n) is 4.35. The molecule has 0 aliphatic carbocycles. The van der Waals surface area contributed by atoms with Crippen LogP contribution >= 0.6 is 0 Å². The molecule has 1 aromatic carbocycles. The molecule has 0 saturated carbocycles. The zero-order chi connectivity index (χ0) is 13.4. The summed E-state index contributed by atoms with van der Waals surface area (Å²) in [5.41, 5.74) is 5.33. The third-order valence-corrected chi connectivity index (χ3v) is 4.35. The highest BCUT2D eigenvalue weighted by atomic mass is 15.2. The molecule has 0 radical (unpaired) electrons. The van der Waals surface area contributed by atoms with Gasteiger partial charge in [0.25, 0.3) is 0 Å². The molecule has 0 atom stereocenters. The number of pyridine rings is 1. The zero-order valence-corrected chi connectivity index (χ0v) is 11.6. The predicted molar refractivity (Wildman–Crippen MR) is 81.7 cm³/mol. The summed E-state index contributed by atoms with van der Waals surface area (Å²) in [6.07, 6.45) is 4.60. The van der Waals surface area contributed by atoms with E-state index in [0.29, 0.717) is 0 Å². The number of hydrogen-bond acceptors (Lipinski definition) is 3. The van der Waals surface area contributed by atoms with Gasteiger partial charge in [0.2, 0.25) is 0 Å². The van der Waals surface area contributed by atoms with Crippen molar-refractivity contribution in [2.45, 2.75) is 25.9 Å². The van der Waals surface area contributed by atoms with E-state index in [-0.39, 0.29) is 0 Å². The molecule has 0 spiro atoms. The van der Waals surface area contributed by atoms with Gasteiger partial charge in [0.05, 0.1) is 0 Å². The van der Waals surface area contributed by atoms with Gasteiger partial charge in [-0.15, -0.1) is 0 Å². The van der Waals surface area contributed by atoms with Crippen LogP contribution in [0.25, 0.3) is 11.1 Å². The second-order valence-corrected chi connectivity index (χ2v) is 5.69. The van der Waals surface area contributed by atoms with E-state index in [2.05, 4.69) is 45.5 Å². The SMILES string of the molecule is c1cc(N2CCCC2)ncc1-c1ccc2c(c1)CNC2. The number of aromatic nitrogens is 1. The molecule has 3 heterocycles. The van der Waals surface area contributed by atoms with Crippen LogP contribution < -0.4 is 10.2 Å². The Bertz CT molecular complexity index is 613. The largest absolute Gasteiger partial charge is 0.357 e. The molecule has 1 aromatic heterocycles. The summed E-state index contributed by atoms with van der Waals surface area (Å²) in [7, 11) is 0. The normalized spacial score (nSPS) is 17.5. The molecule has 2 aromatic rings. The van der Waals surface area contributed by atoms with Crippen LogP contribution in [0.2, 0.25) is 0 Å². The number of fused-ring (bicyclic) bond motifs is 1. The molecule has 4 rings (SSSR count). The summed E-state index contributed by atoms with van der Waals surface area (Å²) >= 11 is 0. The van der Waals surface area contributed by atoms with Crippen LogP contribution in [0.5, 0.6) is 0 Å². The fraction of sp³-hybridized carbons (Fsp3) is 0.353. The van der Waals surface area contributed by atoms with E-state index in [1.54, 1.807) is 0 Å². The summed E-state index contributed by atoms with van der Waals surface area (Å²) < 4.78 is 0. The third kappa shape index (κ3) is 2.08. The summed E-state index contributed by atoms with van der Waals surface area (Å²) in [5, 5.41) is 3.39. The molecule has 2 aliphatic heterocycles. The van der Waals surface area contributed by atoms with E-state index in [9.17, 15) is 0 Å². The van der Waals surface area contributed by atoms with Crippen molar-refractivity contribution >= 4 is 5.82 Å². The van der Waals surface area contributed by atoms with Crippen molar-refractivity contribution in [1.82, 2.24) is 10.3 Å². The molecule has 20 heavy (non-hydrogen) atoms. The van der Waals surface area contributed by atoms with Crippen molar-refractivity contribution in [2.24, 2.45) is 0 Å². The Kier molecular flexibility index (Phi) is 2.92. The number of anilines is 1. The lowest BCUT2D eigenvalue weighted by Crippen LogP contribution is -2.18. The van der Waals surface area contributed by atoms with Gasteiger partial charge in [-0.3, -0.25) is 0 Å². The first-order valence-electron chi connectivity index (χ1n) is 7.44. The number of rotatable bonds is 2. The lowest BCUT2D eigenvalue weighted by Gasteiger charge is -2.16. The molecule has 1 fully saturated rings. The maximum atomic E-state index is 4.64. The van der Waals surface area contributed by atoms with Crippen molar-refractivity contribution in [3.63, 3.8) is 0 Å². The molecule has 1 N–H and O–H groups in total. The quantitative estimate of drug-likeness (QED) is 0.905. The summed E-state index contributed by atoms with van der Waals surface area (Å²) in [4.78, 5) is 7.01. The van der Waals surface area contributed by atoms with E-state index in [0.717, 1.165) is 32.0 Å². The van der Waals surface area contributed by atoms with Gasteiger partial charge in [-0.2, -0.15) is 0 Å². The minimum absolute atomic E-state index is 0.989. The average Bonchev–Trinajstić information content (AvgIpc) is 3.18. The fourth-order valence-corrected chi connectivity index (χ4v) is 3.16. The van der Waals surface area contributed by atoms with Crippen molar-refractivity contribution in [2.75, 3.05) is 18.0 Å². The first kappa shape index (κ1) is 11.9. The van der Waals surface area contributed by atoms with Gasteiger partial charge in [0.15, 0.2) is 0 Å². The van der Waals surface area contributed by atoms with E-state index < -0.39 is 0 Å². The lowest BCUT2D eigenvalue weighted by atomic mass is 10.0. The highest BCUT2D eigenvalue weighted by Crippen LogP contribution is 2.26. The number of nitrogens with zero attached hydrogens (tertiary/aromatic N) is 2. The Morgan fingerprint density at radius 1 is 0.900 bits per heavy atom. The van der Waals surface area contributed by atoms with Gasteiger partial charge < -0.3 is 10.2 Å². The summed E-state index contributed by atoms with van der Waals surface area (Å²) in [6, 6.07) is 11.1. The summed E-state index contributed by atoms with van der Waals surface area (Å²) in [6.45, 7) is 4.29. The van der Waals surface area contributed by atoms with Crippen LogP contribution in [0.4, 0.5) is 5.82 Å². The molecule has 0 bridgehead atoms. The van der Waals surface area contributed by atoms with E-state index in [4.69, 9.17) is 0 Å². The topological polar surface area (TPSA) is 28.2 Å². The molecule has 2 aliphatic rings.